The number of hydrogen-bond donors (Lipinski definition) is 2. The molecule has 1 unspecified atom stereocenters. The summed E-state index contributed by atoms with van der Waals surface area (Å²) in [5.41, 5.74) is 6.21. The second-order valence-corrected chi connectivity index (χ2v) is 7.34. The molecule has 1 heterocycles. The van der Waals surface area contributed by atoms with Gasteiger partial charge in [0.15, 0.2) is 0 Å². The zero-order valence-electron chi connectivity index (χ0n) is 17.4. The third-order valence-electron chi connectivity index (χ3n) is 4.85. The summed E-state index contributed by atoms with van der Waals surface area (Å²) in [6.45, 7) is 9.92. The SMILES string of the molecule is CC.CC1CCCC1=O.CCCCCCCCCC1(CC(C)=O)NN1. The number of rotatable bonds is 10. The molecule has 1 atom stereocenters. The van der Waals surface area contributed by atoms with Gasteiger partial charge >= 0.3 is 0 Å². The predicted octanol–water partition coefficient (Wildman–Crippen LogP) is 5.31. The molecule has 1 saturated heterocycles. The van der Waals surface area contributed by atoms with E-state index in [0.717, 1.165) is 25.7 Å². The van der Waals surface area contributed by atoms with Gasteiger partial charge in [-0.3, -0.25) is 9.59 Å². The van der Waals surface area contributed by atoms with Crippen molar-refractivity contribution in [2.45, 2.75) is 117 Å². The highest BCUT2D eigenvalue weighted by molar-refractivity contribution is 5.82. The summed E-state index contributed by atoms with van der Waals surface area (Å²) < 4.78 is 0. The van der Waals surface area contributed by atoms with Gasteiger partial charge in [-0.05, 0) is 26.2 Å². The fourth-order valence-electron chi connectivity index (χ4n) is 3.19. The van der Waals surface area contributed by atoms with Gasteiger partial charge in [0.2, 0.25) is 0 Å². The lowest BCUT2D eigenvalue weighted by Gasteiger charge is -2.09. The van der Waals surface area contributed by atoms with Crippen molar-refractivity contribution in [2.24, 2.45) is 5.92 Å². The minimum atomic E-state index is -0.0325. The second-order valence-electron chi connectivity index (χ2n) is 7.34. The van der Waals surface area contributed by atoms with Crippen LogP contribution in [0.25, 0.3) is 0 Å². The summed E-state index contributed by atoms with van der Waals surface area (Å²) in [5, 5.41) is 0. The van der Waals surface area contributed by atoms with Crippen molar-refractivity contribution < 1.29 is 9.59 Å². The quantitative estimate of drug-likeness (QED) is 0.411. The molecular weight excluding hydrogens is 312 g/mol. The lowest BCUT2D eigenvalue weighted by atomic mass is 10.00. The van der Waals surface area contributed by atoms with Gasteiger partial charge in [0, 0.05) is 18.8 Å². The zero-order chi connectivity index (χ0) is 19.1. The van der Waals surface area contributed by atoms with E-state index < -0.39 is 0 Å². The molecule has 1 saturated carbocycles. The van der Waals surface area contributed by atoms with E-state index >= 15 is 0 Å². The molecule has 0 spiro atoms. The molecule has 0 radical (unpaired) electrons. The number of nitrogens with one attached hydrogen (secondary N) is 2. The van der Waals surface area contributed by atoms with Gasteiger partial charge in [-0.2, -0.15) is 0 Å². The maximum atomic E-state index is 11.0. The van der Waals surface area contributed by atoms with Crippen molar-refractivity contribution in [3.8, 4) is 0 Å². The Kier molecular flexibility index (Phi) is 14.0. The van der Waals surface area contributed by atoms with Crippen LogP contribution in [0.5, 0.6) is 0 Å². The molecule has 0 bridgehead atoms. The maximum Gasteiger partial charge on any atom is 0.135 e. The average Bonchev–Trinajstić information content (AvgIpc) is 3.24. The molecule has 4 heteroatoms. The van der Waals surface area contributed by atoms with Gasteiger partial charge in [-0.25, -0.2) is 10.9 Å². The third kappa shape index (κ3) is 12.3. The number of hydrogen-bond acceptors (Lipinski definition) is 4. The highest BCUT2D eigenvalue weighted by Crippen LogP contribution is 2.24. The third-order valence-corrected chi connectivity index (χ3v) is 4.85. The highest BCUT2D eigenvalue weighted by Gasteiger charge is 2.41. The monoisotopic (exact) mass is 354 g/mol. The van der Waals surface area contributed by atoms with Crippen LogP contribution in [-0.4, -0.2) is 17.2 Å². The Morgan fingerprint density at radius 2 is 1.64 bits per heavy atom. The van der Waals surface area contributed by atoms with Crippen molar-refractivity contribution >= 4 is 11.6 Å². The first-order chi connectivity index (χ1) is 12.0. The lowest BCUT2D eigenvalue weighted by Crippen LogP contribution is -2.21. The summed E-state index contributed by atoms with van der Waals surface area (Å²) >= 11 is 0. The number of Topliss-reactive ketones (excluding diaryl/α,β-unsaturated/α-hetero) is 2. The van der Waals surface area contributed by atoms with E-state index in [1.165, 1.54) is 44.9 Å². The van der Waals surface area contributed by atoms with Crippen LogP contribution >= 0.6 is 0 Å². The topological polar surface area (TPSA) is 78.0 Å². The van der Waals surface area contributed by atoms with Gasteiger partial charge in [-0.15, -0.1) is 0 Å². The van der Waals surface area contributed by atoms with Crippen LogP contribution in [-0.2, 0) is 9.59 Å². The number of hydrazine groups is 1. The number of carbonyl (C=O) groups is 2. The fraction of sp³-hybridized carbons (Fsp3) is 0.905. The van der Waals surface area contributed by atoms with Crippen molar-refractivity contribution in [1.82, 2.24) is 10.9 Å². The molecule has 148 valence electrons. The molecule has 1 aliphatic carbocycles. The summed E-state index contributed by atoms with van der Waals surface area (Å²) in [6, 6.07) is 0. The van der Waals surface area contributed by atoms with E-state index in [2.05, 4.69) is 17.8 Å². The summed E-state index contributed by atoms with van der Waals surface area (Å²) in [5.74, 6) is 1.10. The Balaban J connectivity index is 0.000000530. The van der Waals surface area contributed by atoms with Crippen LogP contribution in [0.4, 0.5) is 0 Å². The number of ketones is 2. The van der Waals surface area contributed by atoms with Crippen LogP contribution in [0.3, 0.4) is 0 Å². The van der Waals surface area contributed by atoms with Crippen molar-refractivity contribution in [1.29, 1.82) is 0 Å². The smallest absolute Gasteiger partial charge is 0.135 e. The molecular formula is C21H42N2O2. The molecule has 25 heavy (non-hydrogen) atoms. The Hall–Kier alpha value is -0.740. The number of carbonyl (C=O) groups excluding carboxylic acids is 2. The Bertz CT molecular complexity index is 365. The van der Waals surface area contributed by atoms with E-state index in [-0.39, 0.29) is 11.4 Å². The fourth-order valence-corrected chi connectivity index (χ4v) is 3.19. The molecule has 0 aromatic heterocycles. The molecule has 1 aliphatic heterocycles. The minimum Gasteiger partial charge on any atom is -0.300 e. The largest absolute Gasteiger partial charge is 0.300 e. The number of unbranched alkanes of at least 4 members (excludes halogenated alkanes) is 6. The minimum absolute atomic E-state index is 0.0325. The van der Waals surface area contributed by atoms with Crippen molar-refractivity contribution in [2.75, 3.05) is 0 Å². The molecule has 0 amide bonds. The molecule has 2 aliphatic rings. The summed E-state index contributed by atoms with van der Waals surface area (Å²) in [4.78, 5) is 21.6. The Morgan fingerprint density at radius 1 is 1.08 bits per heavy atom. The first kappa shape index (κ1) is 24.3. The Labute approximate surface area is 155 Å². The summed E-state index contributed by atoms with van der Waals surface area (Å²) in [7, 11) is 0. The van der Waals surface area contributed by atoms with Gasteiger partial charge in [0.1, 0.15) is 17.2 Å². The molecule has 4 nitrogen and oxygen atoms in total. The molecule has 2 fully saturated rings. The van der Waals surface area contributed by atoms with E-state index in [4.69, 9.17) is 0 Å². The van der Waals surface area contributed by atoms with Gasteiger partial charge in [0.05, 0.1) is 0 Å². The van der Waals surface area contributed by atoms with E-state index in [1.54, 1.807) is 6.92 Å². The van der Waals surface area contributed by atoms with Gasteiger partial charge < -0.3 is 0 Å². The van der Waals surface area contributed by atoms with Crippen LogP contribution in [0.15, 0.2) is 0 Å². The normalized spacial score (nSPS) is 20.2. The molecule has 2 rings (SSSR count). The van der Waals surface area contributed by atoms with E-state index in [0.29, 0.717) is 18.1 Å². The van der Waals surface area contributed by atoms with Gasteiger partial charge in [-0.1, -0.05) is 72.6 Å². The maximum absolute atomic E-state index is 11.0. The molecule has 2 N–H and O–H groups in total. The second kappa shape index (κ2) is 14.4. The average molecular weight is 355 g/mol. The van der Waals surface area contributed by atoms with Crippen LogP contribution in [0.2, 0.25) is 0 Å². The standard InChI is InChI=1S/C13H26N2O.C6H10O.C2H6/c1-3-4-5-6-7-8-9-10-13(14-15-13)11-12(2)16;1-5-3-2-4-6(5)7;1-2/h14-15H,3-11H2,1-2H3;5H,2-4H2,1H3;1-2H3. The van der Waals surface area contributed by atoms with Crippen molar-refractivity contribution in [3.63, 3.8) is 0 Å². The van der Waals surface area contributed by atoms with Crippen LogP contribution < -0.4 is 10.9 Å². The first-order valence-electron chi connectivity index (χ1n) is 10.6. The zero-order valence-corrected chi connectivity index (χ0v) is 17.4. The van der Waals surface area contributed by atoms with E-state index in [9.17, 15) is 9.59 Å². The van der Waals surface area contributed by atoms with Crippen LogP contribution in [0, 0.1) is 5.92 Å². The summed E-state index contributed by atoms with van der Waals surface area (Å²) in [6.07, 6.45) is 14.1. The Morgan fingerprint density at radius 3 is 2.00 bits per heavy atom. The molecule has 0 aromatic rings. The highest BCUT2D eigenvalue weighted by atomic mass is 16.1. The molecule has 0 aromatic carbocycles. The first-order valence-corrected chi connectivity index (χ1v) is 10.6. The van der Waals surface area contributed by atoms with Gasteiger partial charge in [0.25, 0.3) is 0 Å². The lowest BCUT2D eigenvalue weighted by molar-refractivity contribution is -0.120. The van der Waals surface area contributed by atoms with Crippen LogP contribution in [0.1, 0.15) is 112 Å². The predicted molar refractivity (Wildman–Crippen MR) is 106 cm³/mol. The van der Waals surface area contributed by atoms with Crippen molar-refractivity contribution in [3.05, 3.63) is 0 Å². The van der Waals surface area contributed by atoms with E-state index in [1.807, 2.05) is 20.8 Å².